The molecule has 0 fully saturated rings. The topological polar surface area (TPSA) is 50.2 Å². The smallest absolute Gasteiger partial charge is 0.165 e. The molecule has 0 radical (unpaired) electrons. The van der Waals surface area contributed by atoms with E-state index in [-0.39, 0.29) is 5.78 Å². The van der Waals surface area contributed by atoms with Crippen LogP contribution in [0.2, 0.25) is 0 Å². The van der Waals surface area contributed by atoms with Crippen LogP contribution in [0.5, 0.6) is 0 Å². The highest BCUT2D eigenvalue weighted by atomic mass is 16.3. The van der Waals surface area contributed by atoms with Gasteiger partial charge in [0, 0.05) is 12.4 Å². The number of hydrogen-bond donors (Lipinski definition) is 1. The molecular formula is C9H11NO2. The first-order valence-electron chi connectivity index (χ1n) is 3.69. The largest absolute Gasteiger partial charge is 0.378 e. The van der Waals surface area contributed by atoms with Gasteiger partial charge in [0.15, 0.2) is 5.78 Å². The van der Waals surface area contributed by atoms with Crippen molar-refractivity contribution in [2.24, 2.45) is 0 Å². The monoisotopic (exact) mass is 165 g/mol. The van der Waals surface area contributed by atoms with E-state index < -0.39 is 5.60 Å². The first-order valence-corrected chi connectivity index (χ1v) is 3.69. The molecule has 0 amide bonds. The van der Waals surface area contributed by atoms with Crippen molar-refractivity contribution in [3.05, 3.63) is 30.1 Å². The minimum absolute atomic E-state index is 0.270. The molecule has 0 aliphatic heterocycles. The number of carbonyl (C=O) groups excluding carboxylic acids is 1. The van der Waals surface area contributed by atoms with Crippen molar-refractivity contribution in [3.8, 4) is 0 Å². The molecule has 1 aromatic rings. The Morgan fingerprint density at radius 2 is 2.00 bits per heavy atom. The SMILES string of the molecule is CC(=O)C(C)(O)c1ccncc1. The van der Waals surface area contributed by atoms with E-state index in [1.807, 2.05) is 0 Å². The Hall–Kier alpha value is -1.22. The van der Waals surface area contributed by atoms with Gasteiger partial charge >= 0.3 is 0 Å². The maximum Gasteiger partial charge on any atom is 0.165 e. The fraction of sp³-hybridized carbons (Fsp3) is 0.333. The van der Waals surface area contributed by atoms with Crippen LogP contribution in [-0.4, -0.2) is 15.9 Å². The molecule has 0 bridgehead atoms. The van der Waals surface area contributed by atoms with Crippen LogP contribution in [0.25, 0.3) is 0 Å². The van der Waals surface area contributed by atoms with Gasteiger partial charge in [-0.25, -0.2) is 0 Å². The highest BCUT2D eigenvalue weighted by Gasteiger charge is 2.28. The Morgan fingerprint density at radius 3 is 2.42 bits per heavy atom. The number of aliphatic hydroxyl groups is 1. The van der Waals surface area contributed by atoms with E-state index >= 15 is 0 Å². The van der Waals surface area contributed by atoms with Crippen molar-refractivity contribution in [1.82, 2.24) is 4.98 Å². The third kappa shape index (κ3) is 1.51. The number of aromatic nitrogens is 1. The van der Waals surface area contributed by atoms with Crippen LogP contribution < -0.4 is 0 Å². The van der Waals surface area contributed by atoms with Gasteiger partial charge in [0.05, 0.1) is 0 Å². The molecule has 1 atom stereocenters. The van der Waals surface area contributed by atoms with Gasteiger partial charge in [0.25, 0.3) is 0 Å². The average Bonchev–Trinajstić information content (AvgIpc) is 2.06. The molecule has 0 aliphatic carbocycles. The lowest BCUT2D eigenvalue weighted by atomic mass is 9.93. The van der Waals surface area contributed by atoms with Crippen LogP contribution >= 0.6 is 0 Å². The summed E-state index contributed by atoms with van der Waals surface area (Å²) in [5, 5.41) is 9.69. The summed E-state index contributed by atoms with van der Waals surface area (Å²) in [6.45, 7) is 2.84. The summed E-state index contributed by atoms with van der Waals surface area (Å²) in [7, 11) is 0. The maximum atomic E-state index is 11.0. The summed E-state index contributed by atoms with van der Waals surface area (Å²) in [5.74, 6) is -0.270. The molecule has 3 heteroatoms. The number of rotatable bonds is 2. The van der Waals surface area contributed by atoms with Crippen molar-refractivity contribution in [2.45, 2.75) is 19.4 Å². The molecule has 64 valence electrons. The normalized spacial score (nSPS) is 15.2. The minimum atomic E-state index is -1.39. The van der Waals surface area contributed by atoms with Crippen molar-refractivity contribution in [3.63, 3.8) is 0 Å². The lowest BCUT2D eigenvalue weighted by Crippen LogP contribution is -2.29. The second-order valence-corrected chi connectivity index (χ2v) is 2.86. The third-order valence-corrected chi connectivity index (χ3v) is 1.93. The number of pyridine rings is 1. The predicted octanol–water partition coefficient (Wildman–Crippen LogP) is 0.878. The van der Waals surface area contributed by atoms with Gasteiger partial charge in [-0.3, -0.25) is 9.78 Å². The summed E-state index contributed by atoms with van der Waals surface area (Å²) < 4.78 is 0. The summed E-state index contributed by atoms with van der Waals surface area (Å²) in [6.07, 6.45) is 3.10. The van der Waals surface area contributed by atoms with Crippen LogP contribution in [0.1, 0.15) is 19.4 Å². The molecule has 3 nitrogen and oxygen atoms in total. The molecule has 0 aliphatic rings. The summed E-state index contributed by atoms with van der Waals surface area (Å²) in [6, 6.07) is 3.25. The zero-order chi connectivity index (χ0) is 9.19. The van der Waals surface area contributed by atoms with Gasteiger partial charge in [-0.15, -0.1) is 0 Å². The molecule has 0 aromatic carbocycles. The lowest BCUT2D eigenvalue weighted by molar-refractivity contribution is -0.134. The Bertz CT molecular complexity index is 280. The van der Waals surface area contributed by atoms with Gasteiger partial charge in [-0.2, -0.15) is 0 Å². The van der Waals surface area contributed by atoms with Crippen molar-refractivity contribution >= 4 is 5.78 Å². The second-order valence-electron chi connectivity index (χ2n) is 2.86. The summed E-state index contributed by atoms with van der Waals surface area (Å²) in [4.78, 5) is 14.8. The van der Waals surface area contributed by atoms with E-state index in [0.29, 0.717) is 5.56 Å². The lowest BCUT2D eigenvalue weighted by Gasteiger charge is -2.19. The first kappa shape index (κ1) is 8.87. The highest BCUT2D eigenvalue weighted by Crippen LogP contribution is 2.19. The molecule has 12 heavy (non-hydrogen) atoms. The Morgan fingerprint density at radius 1 is 1.50 bits per heavy atom. The fourth-order valence-corrected chi connectivity index (χ4v) is 0.880. The average molecular weight is 165 g/mol. The molecule has 0 saturated heterocycles. The summed E-state index contributed by atoms with van der Waals surface area (Å²) in [5.41, 5.74) is -0.812. The van der Waals surface area contributed by atoms with Crippen molar-refractivity contribution in [1.29, 1.82) is 0 Å². The molecule has 0 saturated carbocycles. The molecule has 1 aromatic heterocycles. The van der Waals surface area contributed by atoms with Crippen LogP contribution in [0.4, 0.5) is 0 Å². The number of Topliss-reactive ketones (excluding diaryl/α,β-unsaturated/α-hetero) is 1. The molecular weight excluding hydrogens is 154 g/mol. The molecule has 1 unspecified atom stereocenters. The van der Waals surface area contributed by atoms with Crippen LogP contribution in [0.3, 0.4) is 0 Å². The van der Waals surface area contributed by atoms with Crippen LogP contribution in [0, 0.1) is 0 Å². The summed E-state index contributed by atoms with van der Waals surface area (Å²) >= 11 is 0. The molecule has 1 heterocycles. The van der Waals surface area contributed by atoms with Crippen molar-refractivity contribution in [2.75, 3.05) is 0 Å². The second kappa shape index (κ2) is 3.03. The first-order chi connectivity index (χ1) is 5.55. The quantitative estimate of drug-likeness (QED) is 0.707. The molecule has 1 N–H and O–H groups in total. The predicted molar refractivity (Wildman–Crippen MR) is 44.5 cm³/mol. The molecule has 0 spiro atoms. The Balaban J connectivity index is 3.06. The van der Waals surface area contributed by atoms with Gasteiger partial charge in [-0.05, 0) is 31.5 Å². The van der Waals surface area contributed by atoms with E-state index in [2.05, 4.69) is 4.98 Å². The minimum Gasteiger partial charge on any atom is -0.378 e. The Labute approximate surface area is 71.1 Å². The number of nitrogens with zero attached hydrogens (tertiary/aromatic N) is 1. The zero-order valence-corrected chi connectivity index (χ0v) is 7.11. The third-order valence-electron chi connectivity index (χ3n) is 1.93. The van der Waals surface area contributed by atoms with Gasteiger partial charge in [0.1, 0.15) is 5.60 Å². The van der Waals surface area contributed by atoms with Crippen molar-refractivity contribution < 1.29 is 9.90 Å². The maximum absolute atomic E-state index is 11.0. The Kier molecular flexibility index (Phi) is 2.24. The van der Waals surface area contributed by atoms with E-state index in [0.717, 1.165) is 0 Å². The standard InChI is InChI=1S/C9H11NO2/c1-7(11)9(2,12)8-3-5-10-6-4-8/h3-6,12H,1-2H3. The van der Waals surface area contributed by atoms with E-state index in [4.69, 9.17) is 0 Å². The van der Waals surface area contributed by atoms with E-state index in [1.165, 1.54) is 13.8 Å². The number of carbonyl (C=O) groups is 1. The zero-order valence-electron chi connectivity index (χ0n) is 7.11. The van der Waals surface area contributed by atoms with Gasteiger partial charge in [-0.1, -0.05) is 0 Å². The number of hydrogen-bond acceptors (Lipinski definition) is 3. The van der Waals surface area contributed by atoms with E-state index in [9.17, 15) is 9.90 Å². The number of ketones is 1. The van der Waals surface area contributed by atoms with Gasteiger partial charge < -0.3 is 5.11 Å². The van der Waals surface area contributed by atoms with Gasteiger partial charge in [0.2, 0.25) is 0 Å². The molecule has 1 rings (SSSR count). The fourth-order valence-electron chi connectivity index (χ4n) is 0.880. The van der Waals surface area contributed by atoms with Crippen LogP contribution in [0.15, 0.2) is 24.5 Å². The van der Waals surface area contributed by atoms with Crippen LogP contribution in [-0.2, 0) is 10.4 Å². The highest BCUT2D eigenvalue weighted by molar-refractivity contribution is 5.85. The van der Waals surface area contributed by atoms with E-state index in [1.54, 1.807) is 24.5 Å².